The highest BCUT2D eigenvalue weighted by molar-refractivity contribution is 6.10. The number of imide groups is 1. The lowest BCUT2D eigenvalue weighted by Crippen LogP contribution is -2.54. The van der Waals surface area contributed by atoms with E-state index in [0.29, 0.717) is 17.8 Å². The second-order valence-corrected chi connectivity index (χ2v) is 8.42. The molecule has 1 saturated carbocycles. The first-order valence-corrected chi connectivity index (χ1v) is 10.5. The molecular weight excluding hydrogens is 398 g/mol. The van der Waals surface area contributed by atoms with Crippen LogP contribution in [0.2, 0.25) is 0 Å². The van der Waals surface area contributed by atoms with Crippen molar-refractivity contribution in [3.05, 3.63) is 46.4 Å². The average molecular weight is 425 g/mol. The van der Waals surface area contributed by atoms with Crippen molar-refractivity contribution in [2.24, 2.45) is 13.0 Å². The molecule has 31 heavy (non-hydrogen) atoms. The zero-order valence-corrected chi connectivity index (χ0v) is 18.0. The fraction of sp³-hybridized carbons (Fsp3) is 0.455. The highest BCUT2D eigenvalue weighted by Gasteiger charge is 2.55. The molecule has 1 aromatic heterocycles. The molecule has 1 aromatic carbocycles. The quantitative estimate of drug-likeness (QED) is 0.730. The topological polar surface area (TPSA) is 105 Å². The molecule has 2 heterocycles. The van der Waals surface area contributed by atoms with Gasteiger partial charge < -0.3 is 10.6 Å². The Morgan fingerprint density at radius 2 is 1.90 bits per heavy atom. The van der Waals surface area contributed by atoms with Crippen molar-refractivity contribution in [1.29, 1.82) is 0 Å². The Balaban J connectivity index is 1.54. The SMILES string of the molecule is Cc1c(NC(=O)CN2C(=O)N[C@]3(CCCC[C@H]3C)C2=O)c(=O)n(-c2ccccc2)n1C. The summed E-state index contributed by atoms with van der Waals surface area (Å²) >= 11 is 0. The van der Waals surface area contributed by atoms with Crippen molar-refractivity contribution in [3.63, 3.8) is 0 Å². The van der Waals surface area contributed by atoms with Gasteiger partial charge in [-0.2, -0.15) is 0 Å². The summed E-state index contributed by atoms with van der Waals surface area (Å²) in [5, 5.41) is 5.45. The molecule has 9 nitrogen and oxygen atoms in total. The van der Waals surface area contributed by atoms with Crippen LogP contribution in [0, 0.1) is 12.8 Å². The number of benzene rings is 1. The van der Waals surface area contributed by atoms with Crippen LogP contribution in [0.4, 0.5) is 10.5 Å². The van der Waals surface area contributed by atoms with Crippen molar-refractivity contribution >= 4 is 23.5 Å². The summed E-state index contributed by atoms with van der Waals surface area (Å²) < 4.78 is 3.11. The van der Waals surface area contributed by atoms with Crippen LogP contribution < -0.4 is 16.2 Å². The summed E-state index contributed by atoms with van der Waals surface area (Å²) in [7, 11) is 1.73. The highest BCUT2D eigenvalue weighted by atomic mass is 16.2. The normalized spacial score (nSPS) is 23.3. The molecule has 2 N–H and O–H groups in total. The van der Waals surface area contributed by atoms with Crippen molar-refractivity contribution < 1.29 is 14.4 Å². The molecule has 2 aromatic rings. The van der Waals surface area contributed by atoms with Crippen LogP contribution in [-0.2, 0) is 16.6 Å². The lowest BCUT2D eigenvalue weighted by Gasteiger charge is -2.36. The van der Waals surface area contributed by atoms with E-state index in [1.807, 2.05) is 25.1 Å². The molecule has 0 bridgehead atoms. The summed E-state index contributed by atoms with van der Waals surface area (Å²) in [4.78, 5) is 52.2. The lowest BCUT2D eigenvalue weighted by atomic mass is 9.73. The third-order valence-electron chi connectivity index (χ3n) is 6.62. The fourth-order valence-corrected chi connectivity index (χ4v) is 4.67. The molecule has 2 fully saturated rings. The number of rotatable bonds is 4. The standard InChI is InChI=1S/C22H27N5O4/c1-14-9-7-8-12-22(14)20(30)26(21(31)24-22)13-17(28)23-18-15(2)25(3)27(19(18)29)16-10-5-4-6-11-16/h4-6,10-11,14H,7-9,12-13H2,1-3H3,(H,23,28)(H,24,31)/t14-,22+/m1/s1. The van der Waals surface area contributed by atoms with E-state index in [-0.39, 0.29) is 23.1 Å². The van der Waals surface area contributed by atoms with E-state index in [9.17, 15) is 19.2 Å². The van der Waals surface area contributed by atoms with Gasteiger partial charge in [-0.15, -0.1) is 0 Å². The zero-order valence-electron chi connectivity index (χ0n) is 18.0. The summed E-state index contributed by atoms with van der Waals surface area (Å²) in [5.74, 6) is -0.929. The van der Waals surface area contributed by atoms with Gasteiger partial charge in [-0.05, 0) is 37.8 Å². The zero-order chi connectivity index (χ0) is 22.3. The molecule has 1 aliphatic heterocycles. The number of hydrogen-bond donors (Lipinski definition) is 2. The van der Waals surface area contributed by atoms with Crippen molar-refractivity contribution in [1.82, 2.24) is 19.6 Å². The molecule has 1 saturated heterocycles. The Morgan fingerprint density at radius 3 is 2.58 bits per heavy atom. The molecule has 1 spiro atoms. The lowest BCUT2D eigenvalue weighted by molar-refractivity contribution is -0.136. The Labute approximate surface area is 180 Å². The van der Waals surface area contributed by atoms with Gasteiger partial charge >= 0.3 is 6.03 Å². The Kier molecular flexibility index (Phi) is 5.20. The summed E-state index contributed by atoms with van der Waals surface area (Å²) in [5.41, 5.74) is 0.0640. The Bertz CT molecular complexity index is 1100. The van der Waals surface area contributed by atoms with Crippen LogP contribution in [0.3, 0.4) is 0 Å². The Morgan fingerprint density at radius 1 is 1.19 bits per heavy atom. The van der Waals surface area contributed by atoms with Crippen LogP contribution in [0.5, 0.6) is 0 Å². The number of amides is 4. The van der Waals surface area contributed by atoms with Crippen LogP contribution in [0.25, 0.3) is 5.69 Å². The third-order valence-corrected chi connectivity index (χ3v) is 6.62. The number of nitrogens with zero attached hydrogens (tertiary/aromatic N) is 3. The fourth-order valence-electron chi connectivity index (χ4n) is 4.67. The molecule has 4 amide bonds. The predicted molar refractivity (Wildman–Crippen MR) is 115 cm³/mol. The smallest absolute Gasteiger partial charge is 0.323 e. The van der Waals surface area contributed by atoms with Crippen LogP contribution in [0.1, 0.15) is 38.3 Å². The van der Waals surface area contributed by atoms with Gasteiger partial charge in [0.25, 0.3) is 11.5 Å². The minimum absolute atomic E-state index is 0.0141. The van der Waals surface area contributed by atoms with Crippen molar-refractivity contribution in [2.75, 3.05) is 11.9 Å². The van der Waals surface area contributed by atoms with Crippen LogP contribution >= 0.6 is 0 Å². The second kappa shape index (κ2) is 7.72. The molecule has 9 heteroatoms. The molecule has 2 atom stereocenters. The maximum atomic E-state index is 13.1. The van der Waals surface area contributed by atoms with Crippen LogP contribution in [-0.4, -0.2) is 44.2 Å². The van der Waals surface area contributed by atoms with E-state index in [1.165, 1.54) is 4.68 Å². The minimum atomic E-state index is -0.918. The predicted octanol–water partition coefficient (Wildman–Crippen LogP) is 1.92. The van der Waals surface area contributed by atoms with Gasteiger partial charge in [-0.1, -0.05) is 38.0 Å². The van der Waals surface area contributed by atoms with Gasteiger partial charge in [0, 0.05) is 7.05 Å². The first-order valence-electron chi connectivity index (χ1n) is 10.5. The van der Waals surface area contributed by atoms with Gasteiger partial charge in [0.2, 0.25) is 5.91 Å². The van der Waals surface area contributed by atoms with E-state index < -0.39 is 24.0 Å². The van der Waals surface area contributed by atoms with Gasteiger partial charge in [-0.25, -0.2) is 9.48 Å². The number of hydrogen-bond acceptors (Lipinski definition) is 4. The number of carbonyl (C=O) groups excluding carboxylic acids is 3. The first-order chi connectivity index (χ1) is 14.8. The number of aromatic nitrogens is 2. The number of urea groups is 1. The minimum Gasteiger partial charge on any atom is -0.323 e. The second-order valence-electron chi connectivity index (χ2n) is 8.42. The monoisotopic (exact) mass is 425 g/mol. The molecule has 0 radical (unpaired) electrons. The van der Waals surface area contributed by atoms with Crippen molar-refractivity contribution in [3.8, 4) is 5.69 Å². The molecule has 1 aliphatic carbocycles. The largest absolute Gasteiger partial charge is 0.325 e. The van der Waals surface area contributed by atoms with Gasteiger partial charge in [-0.3, -0.25) is 24.0 Å². The number of nitrogens with one attached hydrogen (secondary N) is 2. The number of anilines is 1. The van der Waals surface area contributed by atoms with Gasteiger partial charge in [0.1, 0.15) is 17.8 Å². The maximum Gasteiger partial charge on any atom is 0.325 e. The van der Waals surface area contributed by atoms with Gasteiger partial charge in [0.15, 0.2) is 0 Å². The molecule has 0 unspecified atom stereocenters. The molecule has 2 aliphatic rings. The first kappa shape index (κ1) is 20.9. The molecule has 164 valence electrons. The highest BCUT2D eigenvalue weighted by Crippen LogP contribution is 2.38. The van der Waals surface area contributed by atoms with E-state index in [2.05, 4.69) is 10.6 Å². The number of carbonyl (C=O) groups is 3. The average Bonchev–Trinajstić information content (AvgIpc) is 3.11. The molecular formula is C22H27N5O4. The summed E-state index contributed by atoms with van der Waals surface area (Å²) in [6.07, 6.45) is 3.32. The summed E-state index contributed by atoms with van der Waals surface area (Å²) in [6, 6.07) is 8.53. The number of para-hydroxylation sites is 1. The molecule has 4 rings (SSSR count). The van der Waals surface area contributed by atoms with Crippen molar-refractivity contribution in [2.45, 2.75) is 45.1 Å². The van der Waals surface area contributed by atoms with E-state index >= 15 is 0 Å². The van der Waals surface area contributed by atoms with E-state index in [0.717, 1.165) is 24.2 Å². The van der Waals surface area contributed by atoms with E-state index in [4.69, 9.17) is 0 Å². The van der Waals surface area contributed by atoms with Gasteiger partial charge in [0.05, 0.1) is 11.4 Å². The van der Waals surface area contributed by atoms with E-state index in [1.54, 1.807) is 30.8 Å². The Hall–Kier alpha value is -3.36. The third kappa shape index (κ3) is 3.34. The summed E-state index contributed by atoms with van der Waals surface area (Å²) in [6.45, 7) is 3.25. The maximum absolute atomic E-state index is 13.1. The van der Waals surface area contributed by atoms with Crippen LogP contribution in [0.15, 0.2) is 35.1 Å².